The van der Waals surface area contributed by atoms with E-state index in [1.165, 1.54) is 6.07 Å². The molecule has 1 aliphatic carbocycles. The highest BCUT2D eigenvalue weighted by atomic mass is 19.1. The molecule has 3 rings (SSSR count). The van der Waals surface area contributed by atoms with Crippen molar-refractivity contribution in [2.24, 2.45) is 5.73 Å². The van der Waals surface area contributed by atoms with Crippen LogP contribution in [0.1, 0.15) is 43.6 Å². The van der Waals surface area contributed by atoms with E-state index in [0.717, 1.165) is 50.0 Å². The standard InChI is InChI=1S/C14H18FNO/c15-11-1-2-13-12(9-11)10(4-8-17-13)3-5-14(16)6-7-14/h1-2,9-10H,3-8,16H2. The molecule has 0 spiro atoms. The number of hydrogen-bond acceptors (Lipinski definition) is 2. The van der Waals surface area contributed by atoms with E-state index in [4.69, 9.17) is 10.5 Å². The Kier molecular flexibility index (Phi) is 2.58. The summed E-state index contributed by atoms with van der Waals surface area (Å²) in [5.74, 6) is 1.09. The Morgan fingerprint density at radius 3 is 3.00 bits per heavy atom. The van der Waals surface area contributed by atoms with Crippen LogP contribution < -0.4 is 10.5 Å². The van der Waals surface area contributed by atoms with Gasteiger partial charge in [-0.3, -0.25) is 0 Å². The van der Waals surface area contributed by atoms with Crippen LogP contribution in [0.3, 0.4) is 0 Å². The van der Waals surface area contributed by atoms with E-state index in [9.17, 15) is 4.39 Å². The molecule has 2 nitrogen and oxygen atoms in total. The molecule has 2 N–H and O–H groups in total. The van der Waals surface area contributed by atoms with Crippen LogP contribution >= 0.6 is 0 Å². The molecular formula is C14H18FNO. The Bertz CT molecular complexity index is 428. The van der Waals surface area contributed by atoms with Crippen LogP contribution in [-0.2, 0) is 0 Å². The Morgan fingerprint density at radius 1 is 1.41 bits per heavy atom. The van der Waals surface area contributed by atoms with Gasteiger partial charge >= 0.3 is 0 Å². The summed E-state index contributed by atoms with van der Waals surface area (Å²) >= 11 is 0. The number of rotatable bonds is 3. The van der Waals surface area contributed by atoms with Crippen molar-refractivity contribution >= 4 is 0 Å². The lowest BCUT2D eigenvalue weighted by atomic mass is 9.87. The van der Waals surface area contributed by atoms with Crippen molar-refractivity contribution in [3.63, 3.8) is 0 Å². The highest BCUT2D eigenvalue weighted by Gasteiger charge is 2.38. The summed E-state index contributed by atoms with van der Waals surface area (Å²) in [5.41, 5.74) is 7.23. The summed E-state index contributed by atoms with van der Waals surface area (Å²) in [4.78, 5) is 0. The Hall–Kier alpha value is -1.09. The average molecular weight is 235 g/mol. The molecule has 1 heterocycles. The van der Waals surface area contributed by atoms with Crippen molar-refractivity contribution in [1.82, 2.24) is 0 Å². The third-order valence-corrected chi connectivity index (χ3v) is 4.02. The molecule has 0 aromatic heterocycles. The maximum Gasteiger partial charge on any atom is 0.123 e. The summed E-state index contributed by atoms with van der Waals surface area (Å²) in [5, 5.41) is 0. The number of nitrogens with two attached hydrogens (primary N) is 1. The van der Waals surface area contributed by atoms with Gasteiger partial charge in [0.25, 0.3) is 0 Å². The summed E-state index contributed by atoms with van der Waals surface area (Å²) in [6.07, 6.45) is 5.37. The van der Waals surface area contributed by atoms with Gasteiger partial charge in [0.15, 0.2) is 0 Å². The zero-order valence-corrected chi connectivity index (χ0v) is 9.92. The van der Waals surface area contributed by atoms with Gasteiger partial charge < -0.3 is 10.5 Å². The van der Waals surface area contributed by atoms with Gasteiger partial charge in [0, 0.05) is 11.1 Å². The largest absolute Gasteiger partial charge is 0.493 e. The highest BCUT2D eigenvalue weighted by molar-refractivity contribution is 5.38. The quantitative estimate of drug-likeness (QED) is 0.874. The van der Waals surface area contributed by atoms with E-state index in [1.807, 2.05) is 0 Å². The zero-order valence-electron chi connectivity index (χ0n) is 9.92. The van der Waals surface area contributed by atoms with Crippen molar-refractivity contribution in [1.29, 1.82) is 0 Å². The maximum absolute atomic E-state index is 13.3. The normalized spacial score (nSPS) is 24.9. The minimum absolute atomic E-state index is 0.0891. The molecule has 1 saturated carbocycles. The van der Waals surface area contributed by atoms with E-state index in [-0.39, 0.29) is 11.4 Å². The molecule has 0 bridgehead atoms. The van der Waals surface area contributed by atoms with Crippen LogP contribution in [0.5, 0.6) is 5.75 Å². The first kappa shape index (κ1) is 11.0. The predicted molar refractivity (Wildman–Crippen MR) is 64.6 cm³/mol. The minimum atomic E-state index is -0.173. The van der Waals surface area contributed by atoms with Gasteiger partial charge in [0.1, 0.15) is 11.6 Å². The number of benzene rings is 1. The van der Waals surface area contributed by atoms with Gasteiger partial charge in [-0.25, -0.2) is 4.39 Å². The van der Waals surface area contributed by atoms with E-state index >= 15 is 0 Å². The Morgan fingerprint density at radius 2 is 2.24 bits per heavy atom. The Balaban J connectivity index is 1.76. The molecule has 0 radical (unpaired) electrons. The van der Waals surface area contributed by atoms with Crippen LogP contribution in [0.15, 0.2) is 18.2 Å². The first-order chi connectivity index (χ1) is 8.16. The third kappa shape index (κ3) is 2.29. The van der Waals surface area contributed by atoms with Gasteiger partial charge in [-0.05, 0) is 56.2 Å². The van der Waals surface area contributed by atoms with Crippen molar-refractivity contribution in [2.45, 2.75) is 43.6 Å². The monoisotopic (exact) mass is 235 g/mol. The molecule has 0 amide bonds. The zero-order chi connectivity index (χ0) is 11.9. The molecular weight excluding hydrogens is 217 g/mol. The van der Waals surface area contributed by atoms with Gasteiger partial charge in [-0.15, -0.1) is 0 Å². The number of halogens is 1. The van der Waals surface area contributed by atoms with Crippen molar-refractivity contribution in [3.05, 3.63) is 29.6 Å². The van der Waals surface area contributed by atoms with Crippen molar-refractivity contribution in [2.75, 3.05) is 6.61 Å². The topological polar surface area (TPSA) is 35.2 Å². The maximum atomic E-state index is 13.3. The molecule has 2 aliphatic rings. The lowest BCUT2D eigenvalue weighted by molar-refractivity contribution is 0.259. The fourth-order valence-corrected chi connectivity index (χ4v) is 2.61. The smallest absolute Gasteiger partial charge is 0.123 e. The van der Waals surface area contributed by atoms with Crippen LogP contribution in [0, 0.1) is 5.82 Å². The second-order valence-electron chi connectivity index (χ2n) is 5.42. The molecule has 92 valence electrons. The highest BCUT2D eigenvalue weighted by Crippen LogP contribution is 2.42. The van der Waals surface area contributed by atoms with Crippen LogP contribution in [-0.4, -0.2) is 12.1 Å². The Labute approximate surface area is 101 Å². The van der Waals surface area contributed by atoms with E-state index < -0.39 is 0 Å². The number of fused-ring (bicyclic) bond motifs is 1. The predicted octanol–water partition coefficient (Wildman–Crippen LogP) is 2.96. The summed E-state index contributed by atoms with van der Waals surface area (Å²) in [6.45, 7) is 0.737. The molecule has 17 heavy (non-hydrogen) atoms. The molecule has 0 saturated heterocycles. The first-order valence-electron chi connectivity index (χ1n) is 6.37. The van der Waals surface area contributed by atoms with Crippen LogP contribution in [0.2, 0.25) is 0 Å². The van der Waals surface area contributed by atoms with Crippen LogP contribution in [0.25, 0.3) is 0 Å². The molecule has 1 aliphatic heterocycles. The molecule has 3 heteroatoms. The van der Waals surface area contributed by atoms with Crippen LogP contribution in [0.4, 0.5) is 4.39 Å². The third-order valence-electron chi connectivity index (χ3n) is 4.02. The second kappa shape index (κ2) is 3.98. The molecule has 1 fully saturated rings. The SMILES string of the molecule is NC1(CCC2CCOc3ccc(F)cc32)CC1. The molecule has 1 aromatic carbocycles. The number of ether oxygens (including phenoxy) is 1. The number of hydrogen-bond donors (Lipinski definition) is 1. The van der Waals surface area contributed by atoms with E-state index in [0.29, 0.717) is 5.92 Å². The fraction of sp³-hybridized carbons (Fsp3) is 0.571. The summed E-state index contributed by atoms with van der Waals surface area (Å²) in [6, 6.07) is 4.83. The lowest BCUT2D eigenvalue weighted by Crippen LogP contribution is -2.23. The molecule has 1 atom stereocenters. The van der Waals surface area contributed by atoms with Gasteiger partial charge in [0.05, 0.1) is 6.61 Å². The fourth-order valence-electron chi connectivity index (χ4n) is 2.61. The van der Waals surface area contributed by atoms with Crippen molar-refractivity contribution < 1.29 is 9.13 Å². The van der Waals surface area contributed by atoms with Gasteiger partial charge in [-0.2, -0.15) is 0 Å². The minimum Gasteiger partial charge on any atom is -0.493 e. The second-order valence-corrected chi connectivity index (χ2v) is 5.42. The van der Waals surface area contributed by atoms with E-state index in [1.54, 1.807) is 12.1 Å². The van der Waals surface area contributed by atoms with Crippen molar-refractivity contribution in [3.8, 4) is 5.75 Å². The lowest BCUT2D eigenvalue weighted by Gasteiger charge is -2.26. The molecule has 1 aromatic rings. The first-order valence-corrected chi connectivity index (χ1v) is 6.37. The molecule has 1 unspecified atom stereocenters. The average Bonchev–Trinajstić information content (AvgIpc) is 3.05. The van der Waals surface area contributed by atoms with Gasteiger partial charge in [0.2, 0.25) is 0 Å². The van der Waals surface area contributed by atoms with E-state index in [2.05, 4.69) is 0 Å². The summed E-state index contributed by atoms with van der Waals surface area (Å²) in [7, 11) is 0. The summed E-state index contributed by atoms with van der Waals surface area (Å²) < 4.78 is 18.8. The van der Waals surface area contributed by atoms with Gasteiger partial charge in [-0.1, -0.05) is 0 Å².